The molecule has 0 spiro atoms. The van der Waals surface area contributed by atoms with Gasteiger partial charge in [-0.15, -0.1) is 0 Å². The first-order valence-electron chi connectivity index (χ1n) is 15.6. The van der Waals surface area contributed by atoms with E-state index in [1.54, 1.807) is 0 Å². The van der Waals surface area contributed by atoms with Crippen molar-refractivity contribution in [2.75, 3.05) is 0 Å². The van der Waals surface area contributed by atoms with E-state index in [0.29, 0.717) is 17.5 Å². The number of aromatic nitrogens is 5. The van der Waals surface area contributed by atoms with E-state index in [4.69, 9.17) is 19.9 Å². The number of pyridine rings is 1. The number of hydrogen-bond acceptors (Lipinski definition) is 4. The lowest BCUT2D eigenvalue weighted by atomic mass is 9.82. The predicted molar refractivity (Wildman–Crippen MR) is 186 cm³/mol. The Morgan fingerprint density at radius 2 is 1.15 bits per heavy atom. The SMILES string of the molecule is CC1(C)c2ccc(-c3nc(-c4ccccc4)nc(-c4ccccc4)n3)cc2-c2c(-n3c4ccccc4c4cccnc43)cccc21. The number of nitrogens with zero attached hydrogens (tertiary/aromatic N) is 5. The van der Waals surface area contributed by atoms with Crippen LogP contribution < -0.4 is 0 Å². The topological polar surface area (TPSA) is 56.5 Å². The summed E-state index contributed by atoms with van der Waals surface area (Å²) >= 11 is 0. The van der Waals surface area contributed by atoms with Crippen LogP contribution in [0, 0.1) is 0 Å². The molecule has 0 bridgehead atoms. The molecule has 5 heteroatoms. The Kier molecular flexibility index (Phi) is 5.78. The van der Waals surface area contributed by atoms with Crippen LogP contribution >= 0.6 is 0 Å². The van der Waals surface area contributed by atoms with E-state index in [1.165, 1.54) is 27.6 Å². The minimum absolute atomic E-state index is 0.186. The number of para-hydroxylation sites is 1. The van der Waals surface area contributed by atoms with Crippen molar-refractivity contribution in [2.45, 2.75) is 19.3 Å². The zero-order valence-electron chi connectivity index (χ0n) is 25.5. The molecule has 5 nitrogen and oxygen atoms in total. The fraction of sp³-hybridized carbons (Fsp3) is 0.0732. The molecule has 1 aliphatic rings. The maximum Gasteiger partial charge on any atom is 0.164 e. The molecule has 0 unspecified atom stereocenters. The van der Waals surface area contributed by atoms with Gasteiger partial charge in [0, 0.05) is 44.6 Å². The number of rotatable bonds is 4. The Morgan fingerprint density at radius 1 is 0.522 bits per heavy atom. The molecule has 0 radical (unpaired) electrons. The van der Waals surface area contributed by atoms with Crippen LogP contribution in [0.3, 0.4) is 0 Å². The second-order valence-electron chi connectivity index (χ2n) is 12.4. The standard InChI is InChI=1S/C41H29N5/c1-41(2)32-23-22-28(39-44-37(26-13-5-3-6-14-26)43-38(45-39)27-15-7-4-8-16-27)25-31(32)36-33(41)19-11-21-35(36)46-34-20-10-9-17-29(34)30-18-12-24-42-40(30)46/h3-25H,1-2H3. The van der Waals surface area contributed by atoms with E-state index in [9.17, 15) is 0 Å². The van der Waals surface area contributed by atoms with Crippen molar-refractivity contribution in [3.63, 3.8) is 0 Å². The molecule has 0 saturated heterocycles. The third-order valence-corrected chi connectivity index (χ3v) is 9.31. The highest BCUT2D eigenvalue weighted by molar-refractivity contribution is 6.08. The van der Waals surface area contributed by atoms with Crippen molar-refractivity contribution in [1.29, 1.82) is 0 Å². The summed E-state index contributed by atoms with van der Waals surface area (Å²) in [5, 5.41) is 2.34. The smallest absolute Gasteiger partial charge is 0.164 e. The van der Waals surface area contributed by atoms with Gasteiger partial charge in [0.1, 0.15) is 5.65 Å². The number of hydrogen-bond donors (Lipinski definition) is 0. The second kappa shape index (κ2) is 10.0. The number of fused-ring (bicyclic) bond motifs is 6. The Bertz CT molecular complexity index is 2330. The average Bonchev–Trinajstić information content (AvgIpc) is 3.57. The largest absolute Gasteiger partial charge is 0.293 e. The second-order valence-corrected chi connectivity index (χ2v) is 12.4. The van der Waals surface area contributed by atoms with Crippen molar-refractivity contribution in [3.05, 3.63) is 151 Å². The van der Waals surface area contributed by atoms with Gasteiger partial charge in [0.05, 0.1) is 11.2 Å². The van der Waals surface area contributed by atoms with E-state index < -0.39 is 0 Å². The summed E-state index contributed by atoms with van der Waals surface area (Å²) < 4.78 is 2.32. The van der Waals surface area contributed by atoms with Gasteiger partial charge in [0.2, 0.25) is 0 Å². The molecule has 1 aliphatic carbocycles. The van der Waals surface area contributed by atoms with Crippen molar-refractivity contribution in [2.24, 2.45) is 0 Å². The van der Waals surface area contributed by atoms with Gasteiger partial charge in [-0.2, -0.15) is 0 Å². The zero-order chi connectivity index (χ0) is 30.8. The monoisotopic (exact) mass is 591 g/mol. The summed E-state index contributed by atoms with van der Waals surface area (Å²) in [7, 11) is 0. The molecule has 8 aromatic rings. The molecule has 46 heavy (non-hydrogen) atoms. The molecule has 0 aliphatic heterocycles. The van der Waals surface area contributed by atoms with Crippen LogP contribution in [0.4, 0.5) is 0 Å². The molecule has 3 heterocycles. The lowest BCUT2D eigenvalue weighted by Crippen LogP contribution is -2.15. The van der Waals surface area contributed by atoms with E-state index in [1.807, 2.05) is 72.9 Å². The summed E-state index contributed by atoms with van der Waals surface area (Å²) in [6.07, 6.45) is 1.88. The van der Waals surface area contributed by atoms with Gasteiger partial charge < -0.3 is 0 Å². The maximum absolute atomic E-state index is 5.03. The highest BCUT2D eigenvalue weighted by atomic mass is 15.1. The predicted octanol–water partition coefficient (Wildman–Crippen LogP) is 9.67. The van der Waals surface area contributed by atoms with Crippen LogP contribution in [-0.2, 0) is 5.41 Å². The normalized spacial score (nSPS) is 13.2. The van der Waals surface area contributed by atoms with Crippen molar-refractivity contribution in [1.82, 2.24) is 24.5 Å². The number of benzene rings is 5. The molecule has 0 N–H and O–H groups in total. The van der Waals surface area contributed by atoms with E-state index in [2.05, 4.69) is 85.1 Å². The lowest BCUT2D eigenvalue weighted by Gasteiger charge is -2.22. The molecule has 0 saturated carbocycles. The first kappa shape index (κ1) is 26.5. The van der Waals surface area contributed by atoms with E-state index in [0.717, 1.165) is 38.9 Å². The fourth-order valence-corrected chi connectivity index (χ4v) is 7.09. The molecule has 0 amide bonds. The summed E-state index contributed by atoms with van der Waals surface area (Å²) in [6.45, 7) is 4.63. The Balaban J connectivity index is 1.29. The molecule has 0 fully saturated rings. The van der Waals surface area contributed by atoms with Gasteiger partial charge in [-0.25, -0.2) is 19.9 Å². The van der Waals surface area contributed by atoms with Crippen LogP contribution in [0.15, 0.2) is 140 Å². The Labute approximate surface area is 266 Å². The van der Waals surface area contributed by atoms with Crippen LogP contribution in [0.5, 0.6) is 0 Å². The minimum atomic E-state index is -0.186. The van der Waals surface area contributed by atoms with Gasteiger partial charge in [-0.05, 0) is 47.0 Å². The maximum atomic E-state index is 5.03. The summed E-state index contributed by atoms with van der Waals surface area (Å²) in [4.78, 5) is 19.9. The van der Waals surface area contributed by atoms with Gasteiger partial charge >= 0.3 is 0 Å². The third-order valence-electron chi connectivity index (χ3n) is 9.31. The van der Waals surface area contributed by atoms with Crippen LogP contribution in [0.1, 0.15) is 25.0 Å². The highest BCUT2D eigenvalue weighted by Crippen LogP contribution is 2.52. The molecular weight excluding hydrogens is 562 g/mol. The van der Waals surface area contributed by atoms with Gasteiger partial charge in [-0.3, -0.25) is 4.57 Å². The zero-order valence-corrected chi connectivity index (χ0v) is 25.5. The third kappa shape index (κ3) is 3.95. The first-order valence-corrected chi connectivity index (χ1v) is 15.6. The molecule has 0 atom stereocenters. The van der Waals surface area contributed by atoms with Crippen LogP contribution in [0.2, 0.25) is 0 Å². The first-order chi connectivity index (χ1) is 22.6. The van der Waals surface area contributed by atoms with Gasteiger partial charge in [0.15, 0.2) is 17.5 Å². The Hall–Kier alpha value is -5.94. The molecule has 9 rings (SSSR count). The van der Waals surface area contributed by atoms with Gasteiger partial charge in [-0.1, -0.05) is 117 Å². The highest BCUT2D eigenvalue weighted by Gasteiger charge is 2.38. The van der Waals surface area contributed by atoms with Gasteiger partial charge in [0.25, 0.3) is 0 Å². The molecule has 218 valence electrons. The molecule has 3 aromatic heterocycles. The summed E-state index contributed by atoms with van der Waals surface area (Å²) in [5.74, 6) is 1.96. The lowest BCUT2D eigenvalue weighted by molar-refractivity contribution is 0.660. The van der Waals surface area contributed by atoms with Crippen LogP contribution in [-0.4, -0.2) is 24.5 Å². The average molecular weight is 592 g/mol. The van der Waals surface area contributed by atoms with Crippen molar-refractivity contribution >= 4 is 21.9 Å². The van der Waals surface area contributed by atoms with E-state index >= 15 is 0 Å². The quantitative estimate of drug-likeness (QED) is 0.204. The summed E-state index contributed by atoms with van der Waals surface area (Å²) in [5.41, 5.74) is 10.9. The molecule has 5 aromatic carbocycles. The Morgan fingerprint density at radius 3 is 1.87 bits per heavy atom. The van der Waals surface area contributed by atoms with Crippen LogP contribution in [0.25, 0.3) is 72.9 Å². The van der Waals surface area contributed by atoms with Crippen molar-refractivity contribution < 1.29 is 0 Å². The molecular formula is C41H29N5. The summed E-state index contributed by atoms with van der Waals surface area (Å²) in [6, 6.07) is 46.4. The fourth-order valence-electron chi connectivity index (χ4n) is 7.09. The minimum Gasteiger partial charge on any atom is -0.293 e. The van der Waals surface area contributed by atoms with E-state index in [-0.39, 0.29) is 5.41 Å². The van der Waals surface area contributed by atoms with Crippen molar-refractivity contribution in [3.8, 4) is 51.0 Å².